The zero-order valence-electron chi connectivity index (χ0n) is 35.1. The molecule has 8 rings (SSSR count). The Kier molecular flexibility index (Phi) is 11.6. The molecule has 324 valence electrons. The maximum absolute atomic E-state index is 15.1. The number of para-hydroxylation sites is 1. The molecule has 4 aromatic rings. The van der Waals surface area contributed by atoms with Gasteiger partial charge in [-0.3, -0.25) is 19.1 Å². The predicted molar refractivity (Wildman–Crippen MR) is 232 cm³/mol. The first kappa shape index (κ1) is 42.6. The zero-order valence-corrected chi connectivity index (χ0v) is 36.8. The van der Waals surface area contributed by atoms with Crippen molar-refractivity contribution in [2.75, 3.05) is 19.0 Å². The zero-order chi connectivity index (χ0) is 43.3. The second-order valence-corrected chi connectivity index (χ2v) is 20.5. The minimum atomic E-state index is -4.01. The van der Waals surface area contributed by atoms with Gasteiger partial charge in [-0.1, -0.05) is 51.0 Å². The molecule has 0 spiro atoms. The van der Waals surface area contributed by atoms with Crippen molar-refractivity contribution in [2.24, 2.45) is 5.92 Å². The van der Waals surface area contributed by atoms with Crippen LogP contribution in [0, 0.1) is 18.7 Å². The van der Waals surface area contributed by atoms with Crippen LogP contribution in [-0.4, -0.2) is 83.1 Å². The van der Waals surface area contributed by atoms with Crippen LogP contribution < -0.4 is 24.8 Å². The van der Waals surface area contributed by atoms with Gasteiger partial charge in [0, 0.05) is 34.7 Å². The van der Waals surface area contributed by atoms with Crippen LogP contribution in [0.5, 0.6) is 11.5 Å². The van der Waals surface area contributed by atoms with Gasteiger partial charge in [0.15, 0.2) is 0 Å². The number of nitrogens with zero attached hydrogens (tertiary/aromatic N) is 3. The predicted octanol–water partition coefficient (Wildman–Crippen LogP) is 7.16. The third-order valence-electron chi connectivity index (χ3n) is 12.7. The van der Waals surface area contributed by atoms with Crippen molar-refractivity contribution in [3.05, 3.63) is 77.1 Å². The molecule has 0 bridgehead atoms. The summed E-state index contributed by atoms with van der Waals surface area (Å²) in [5.41, 5.74) is 1.63. The van der Waals surface area contributed by atoms with Crippen molar-refractivity contribution in [2.45, 2.75) is 120 Å². The molecule has 0 unspecified atom stereocenters. The minimum Gasteiger partial charge on any atom is -0.496 e. The summed E-state index contributed by atoms with van der Waals surface area (Å²) in [6, 6.07) is 9.71. The largest absolute Gasteiger partial charge is 0.496 e. The third-order valence-corrected chi connectivity index (χ3v) is 15.7. The van der Waals surface area contributed by atoms with Crippen molar-refractivity contribution in [1.29, 1.82) is 0 Å². The van der Waals surface area contributed by atoms with Crippen LogP contribution in [-0.2, 0) is 24.4 Å². The number of pyridine rings is 1. The smallest absolute Gasteiger partial charge is 0.259 e. The Balaban J connectivity index is 1.16. The van der Waals surface area contributed by atoms with Gasteiger partial charge in [0.1, 0.15) is 51.7 Å². The number of nitrogens with one attached hydrogen (secondary N) is 3. The first-order chi connectivity index (χ1) is 29.1. The number of carbonyl (C=O) groups excluding carboxylic acids is 3. The van der Waals surface area contributed by atoms with E-state index in [9.17, 15) is 22.8 Å². The fourth-order valence-corrected chi connectivity index (χ4v) is 10.6. The van der Waals surface area contributed by atoms with Crippen molar-refractivity contribution in [1.82, 2.24) is 24.9 Å². The van der Waals surface area contributed by atoms with Crippen molar-refractivity contribution in [3.63, 3.8) is 0 Å². The molecule has 3 amide bonds. The number of aromatic nitrogens is 2. The number of halogens is 1. The van der Waals surface area contributed by atoms with Gasteiger partial charge in [0.05, 0.1) is 35.3 Å². The molecule has 1 saturated heterocycles. The van der Waals surface area contributed by atoms with Gasteiger partial charge >= 0.3 is 0 Å². The molecule has 2 aromatic heterocycles. The number of thiazole rings is 1. The lowest BCUT2D eigenvalue weighted by molar-refractivity contribution is -0.140. The number of aryl methyl sites for hydroxylation is 1. The van der Waals surface area contributed by atoms with Gasteiger partial charge in [0.2, 0.25) is 21.8 Å². The molecule has 3 N–H and O–H groups in total. The van der Waals surface area contributed by atoms with E-state index in [4.69, 9.17) is 19.4 Å². The van der Waals surface area contributed by atoms with Crippen LogP contribution in [0.1, 0.15) is 95.7 Å². The number of methoxy groups -OCH3 is 1. The summed E-state index contributed by atoms with van der Waals surface area (Å²) < 4.78 is 55.4. The number of allylic oxidation sites excluding steroid dienone is 1. The van der Waals surface area contributed by atoms with E-state index in [-0.39, 0.29) is 31.0 Å². The molecule has 13 nitrogen and oxygen atoms in total. The number of hydrogen-bond acceptors (Lipinski definition) is 11. The molecule has 4 aliphatic rings. The van der Waals surface area contributed by atoms with Crippen LogP contribution in [0.3, 0.4) is 0 Å². The van der Waals surface area contributed by atoms with E-state index in [2.05, 4.69) is 29.2 Å². The summed E-state index contributed by atoms with van der Waals surface area (Å²) in [4.78, 5) is 54.9. The Bertz CT molecular complexity index is 2510. The second-order valence-electron chi connectivity index (χ2n) is 17.4. The van der Waals surface area contributed by atoms with Gasteiger partial charge < -0.3 is 25.0 Å². The maximum atomic E-state index is 15.1. The number of rotatable bonds is 10. The number of benzene rings is 2. The van der Waals surface area contributed by atoms with Gasteiger partial charge in [-0.05, 0) is 82.6 Å². The fraction of sp³-hybridized carbons (Fsp3) is 0.489. The molecule has 5 atom stereocenters. The molecule has 16 heteroatoms. The minimum absolute atomic E-state index is 0.00463. The first-order valence-corrected chi connectivity index (χ1v) is 23.5. The third kappa shape index (κ3) is 8.45. The maximum Gasteiger partial charge on any atom is 0.259 e. The van der Waals surface area contributed by atoms with E-state index in [1.807, 2.05) is 42.7 Å². The van der Waals surface area contributed by atoms with Crippen LogP contribution in [0.2, 0.25) is 0 Å². The molecule has 4 heterocycles. The molecule has 2 aliphatic heterocycles. The molecular weight excluding hydrogens is 820 g/mol. The number of anilines is 1. The second kappa shape index (κ2) is 16.6. The normalized spacial score (nSPS) is 25.2. The Morgan fingerprint density at radius 1 is 1.08 bits per heavy atom. The van der Waals surface area contributed by atoms with Crippen molar-refractivity contribution in [3.8, 4) is 22.2 Å². The lowest BCUT2D eigenvalue weighted by Gasteiger charge is -2.30. The highest BCUT2D eigenvalue weighted by Gasteiger charge is 2.63. The average molecular weight is 873 g/mol. The van der Waals surface area contributed by atoms with Crippen LogP contribution in [0.25, 0.3) is 21.6 Å². The van der Waals surface area contributed by atoms with E-state index < -0.39 is 68.0 Å². The van der Waals surface area contributed by atoms with Gasteiger partial charge in [-0.15, -0.1) is 11.3 Å². The summed E-state index contributed by atoms with van der Waals surface area (Å²) in [7, 11) is -2.41. The number of amides is 3. The van der Waals surface area contributed by atoms with E-state index in [1.165, 1.54) is 22.3 Å². The highest BCUT2D eigenvalue weighted by Crippen LogP contribution is 2.48. The van der Waals surface area contributed by atoms with Crippen molar-refractivity contribution < 1.29 is 36.7 Å². The highest BCUT2D eigenvalue weighted by molar-refractivity contribution is 7.91. The SMILES string of the molecule is COc1ccc2c(O[C@@H]3C[C@H]4C(=O)N[C@]5(C(=O)NS(=O)(=O)C6(C)CC6)C[C@H]5C=CCCCCC[C@H](Nc5ccccc5F)C(=O)N4C3)cc(-c3nc(C(C)C)cs3)nc2c1C. The topological polar surface area (TPSA) is 169 Å². The summed E-state index contributed by atoms with van der Waals surface area (Å²) >= 11 is 1.48. The van der Waals surface area contributed by atoms with Crippen molar-refractivity contribution >= 4 is 55.7 Å². The number of sulfonamides is 1. The first-order valence-electron chi connectivity index (χ1n) is 21.1. The van der Waals surface area contributed by atoms with Crippen LogP contribution in [0.15, 0.2) is 60.0 Å². The van der Waals surface area contributed by atoms with E-state index in [1.54, 1.807) is 32.2 Å². The summed E-state index contributed by atoms with van der Waals surface area (Å²) in [5, 5.41) is 9.51. The Labute approximate surface area is 359 Å². The van der Waals surface area contributed by atoms with E-state index >= 15 is 4.39 Å². The molecule has 0 radical (unpaired) electrons. The number of hydrogen-bond donors (Lipinski definition) is 3. The lowest BCUT2D eigenvalue weighted by Crippen LogP contribution is -2.58. The highest BCUT2D eigenvalue weighted by atomic mass is 32.2. The fourth-order valence-electron chi connectivity index (χ4n) is 8.37. The molecule has 2 aliphatic carbocycles. The molecule has 3 fully saturated rings. The number of fused-ring (bicyclic) bond motifs is 3. The van der Waals surface area contributed by atoms with Gasteiger partial charge in [0.25, 0.3) is 5.91 Å². The van der Waals surface area contributed by atoms with Crippen LogP contribution in [0.4, 0.5) is 10.1 Å². The van der Waals surface area contributed by atoms with Crippen LogP contribution >= 0.6 is 11.3 Å². The average Bonchev–Trinajstić information content (AvgIpc) is 4.00. The molecular formula is C45H53FN6O7S2. The summed E-state index contributed by atoms with van der Waals surface area (Å²) in [5.74, 6) is -1.42. The molecule has 2 aromatic carbocycles. The Morgan fingerprint density at radius 2 is 1.87 bits per heavy atom. The monoisotopic (exact) mass is 872 g/mol. The lowest BCUT2D eigenvalue weighted by atomic mass is 10.0. The summed E-state index contributed by atoms with van der Waals surface area (Å²) in [6.07, 6.45) is 7.60. The molecule has 2 saturated carbocycles. The quantitative estimate of drug-likeness (QED) is 0.139. The Morgan fingerprint density at radius 3 is 2.59 bits per heavy atom. The molecule has 61 heavy (non-hydrogen) atoms. The van der Waals surface area contributed by atoms with E-state index in [0.717, 1.165) is 24.1 Å². The van der Waals surface area contributed by atoms with Gasteiger partial charge in [-0.2, -0.15) is 0 Å². The standard InChI is InChI=1S/C45H53FN6O7S2/c1-26(2)35-25-60-41(49-35)34-22-38(30-17-18-37(58-5)27(3)39(30)48-34)59-29-21-36-40(53)50-45(43(55)51-61(56,57)44(4)19-20-44)23-28(45)13-9-7-6-8-10-16-33(42(54)52(36)24-29)47-32-15-12-11-14-31(32)46/h9,11-15,17-18,22,25-26,28-29,33,36,47H,6-8,10,16,19-21,23-24H2,1-5H3,(H,50,53)(H,51,55)/t28-,29-,33+,36+,45-/m1/s1. The van der Waals surface area contributed by atoms with Gasteiger partial charge in [-0.25, -0.2) is 22.8 Å². The Hall–Kier alpha value is -5.09. The van der Waals surface area contributed by atoms with E-state index in [0.29, 0.717) is 65.2 Å². The number of carbonyl (C=O) groups is 3. The summed E-state index contributed by atoms with van der Waals surface area (Å²) in [6.45, 7) is 7.67. The number of ether oxygens (including phenoxy) is 2.